The van der Waals surface area contributed by atoms with E-state index in [4.69, 9.17) is 5.73 Å². The second-order valence-corrected chi connectivity index (χ2v) is 9.25. The number of hydrogen-bond acceptors (Lipinski definition) is 6. The maximum absolute atomic E-state index is 5.41. The molecule has 3 aromatic rings. The summed E-state index contributed by atoms with van der Waals surface area (Å²) in [4.78, 5) is 9.26. The van der Waals surface area contributed by atoms with E-state index in [1.54, 1.807) is 40.6 Å². The molecule has 6 heteroatoms. The first-order valence-electron chi connectivity index (χ1n) is 7.31. The molecule has 4 rings (SSSR count). The van der Waals surface area contributed by atoms with Gasteiger partial charge in [0.2, 0.25) is 0 Å². The molecule has 1 aliphatic rings. The van der Waals surface area contributed by atoms with Crippen LogP contribution in [0.2, 0.25) is 0 Å². The zero-order valence-corrected chi connectivity index (χ0v) is 16.0. The molecule has 0 amide bonds. The molecule has 0 saturated carbocycles. The molecular weight excluding hydrogens is 372 g/mol. The standard InChI is InChI=1S/C18H14N2S4/c1-11(21-6-4-19)15-9-13-10-16-12(2-3-14(13)23-15)8-17(24-16)18-20-5-7-22-18/h3-10H,1-2,19H2/b6-4-. The van der Waals surface area contributed by atoms with Crippen LogP contribution < -0.4 is 15.5 Å². The lowest BCUT2D eigenvalue weighted by molar-refractivity contribution is 1.36. The van der Waals surface area contributed by atoms with Gasteiger partial charge in [-0.2, -0.15) is 0 Å². The highest BCUT2D eigenvalue weighted by Gasteiger charge is 2.13. The third kappa shape index (κ3) is 3.02. The first kappa shape index (κ1) is 15.9. The molecule has 0 saturated heterocycles. The summed E-state index contributed by atoms with van der Waals surface area (Å²) in [5, 5.41) is 6.27. The molecular formula is C18H14N2S4. The average molecular weight is 387 g/mol. The number of hydrogen-bond donors (Lipinski definition) is 1. The van der Waals surface area contributed by atoms with Gasteiger partial charge in [0, 0.05) is 37.0 Å². The van der Waals surface area contributed by atoms with Crippen molar-refractivity contribution in [1.29, 1.82) is 0 Å². The summed E-state index contributed by atoms with van der Waals surface area (Å²) < 4.78 is 1.32. The van der Waals surface area contributed by atoms with Crippen molar-refractivity contribution >= 4 is 62.8 Å². The van der Waals surface area contributed by atoms with Gasteiger partial charge in [-0.05, 0) is 40.8 Å². The fourth-order valence-corrected chi connectivity index (χ4v) is 6.01. The number of nitrogens with two attached hydrogens (primary N) is 1. The molecule has 0 fully saturated rings. The van der Waals surface area contributed by atoms with Crippen molar-refractivity contribution in [1.82, 2.24) is 4.98 Å². The van der Waals surface area contributed by atoms with E-state index in [-0.39, 0.29) is 0 Å². The molecule has 2 N–H and O–H groups in total. The quantitative estimate of drug-likeness (QED) is 0.729. The molecule has 0 spiro atoms. The van der Waals surface area contributed by atoms with Gasteiger partial charge in [0.1, 0.15) is 5.01 Å². The van der Waals surface area contributed by atoms with Crippen LogP contribution in [-0.2, 0) is 6.42 Å². The normalized spacial score (nSPS) is 13.0. The predicted molar refractivity (Wildman–Crippen MR) is 111 cm³/mol. The van der Waals surface area contributed by atoms with E-state index in [0.29, 0.717) is 0 Å². The van der Waals surface area contributed by atoms with Crippen LogP contribution in [0.5, 0.6) is 0 Å². The highest BCUT2D eigenvalue weighted by atomic mass is 32.2. The van der Waals surface area contributed by atoms with Gasteiger partial charge < -0.3 is 5.73 Å². The summed E-state index contributed by atoms with van der Waals surface area (Å²) in [6.45, 7) is 4.15. The summed E-state index contributed by atoms with van der Waals surface area (Å²) in [6.07, 6.45) is 8.99. The minimum atomic E-state index is 0.961. The van der Waals surface area contributed by atoms with Gasteiger partial charge in [-0.1, -0.05) is 24.4 Å². The van der Waals surface area contributed by atoms with E-state index in [0.717, 1.165) is 16.3 Å². The van der Waals surface area contributed by atoms with E-state index in [1.165, 1.54) is 29.9 Å². The average Bonchev–Trinajstić information content (AvgIpc) is 3.30. The molecule has 24 heavy (non-hydrogen) atoms. The third-order valence-corrected chi connectivity index (χ3v) is 7.83. The minimum absolute atomic E-state index is 0.961. The van der Waals surface area contributed by atoms with Crippen molar-refractivity contribution in [2.24, 2.45) is 5.73 Å². The van der Waals surface area contributed by atoms with E-state index >= 15 is 0 Å². The van der Waals surface area contributed by atoms with E-state index in [2.05, 4.69) is 35.8 Å². The van der Waals surface area contributed by atoms with Crippen LogP contribution in [0.25, 0.3) is 26.9 Å². The van der Waals surface area contributed by atoms with Crippen molar-refractivity contribution in [3.8, 4) is 9.88 Å². The summed E-state index contributed by atoms with van der Waals surface area (Å²) in [7, 11) is 0. The van der Waals surface area contributed by atoms with Crippen molar-refractivity contribution in [3.63, 3.8) is 0 Å². The van der Waals surface area contributed by atoms with Crippen LogP contribution in [0.1, 0.15) is 15.3 Å². The van der Waals surface area contributed by atoms with Gasteiger partial charge in [0.15, 0.2) is 0 Å². The number of thiazole rings is 1. The number of thiophene rings is 2. The summed E-state index contributed by atoms with van der Waals surface area (Å²) >= 11 is 6.88. The zero-order valence-electron chi connectivity index (χ0n) is 12.7. The highest BCUT2D eigenvalue weighted by molar-refractivity contribution is 8.11. The third-order valence-electron chi connectivity index (χ3n) is 3.63. The molecule has 0 aromatic carbocycles. The summed E-state index contributed by atoms with van der Waals surface area (Å²) in [5.41, 5.74) is 6.80. The zero-order chi connectivity index (χ0) is 16.5. The molecule has 3 aromatic heterocycles. The van der Waals surface area contributed by atoms with Crippen LogP contribution in [0.3, 0.4) is 0 Å². The van der Waals surface area contributed by atoms with Crippen molar-refractivity contribution < 1.29 is 0 Å². The lowest BCUT2D eigenvalue weighted by atomic mass is 10.2. The lowest BCUT2D eigenvalue weighted by Crippen LogP contribution is -2.16. The number of fused-ring (bicyclic) bond motifs is 2. The predicted octanol–water partition coefficient (Wildman–Crippen LogP) is 4.23. The van der Waals surface area contributed by atoms with Crippen molar-refractivity contribution in [2.75, 3.05) is 0 Å². The Balaban J connectivity index is 1.74. The van der Waals surface area contributed by atoms with Gasteiger partial charge >= 0.3 is 0 Å². The van der Waals surface area contributed by atoms with Crippen LogP contribution in [0.4, 0.5) is 0 Å². The maximum atomic E-state index is 5.41. The molecule has 0 bridgehead atoms. The molecule has 2 nitrogen and oxygen atoms in total. The van der Waals surface area contributed by atoms with E-state index in [9.17, 15) is 0 Å². The first-order chi connectivity index (χ1) is 11.7. The second-order valence-electron chi connectivity index (χ2n) is 5.19. The van der Waals surface area contributed by atoms with Crippen molar-refractivity contribution in [3.05, 3.63) is 67.0 Å². The second kappa shape index (κ2) is 6.72. The molecule has 0 aliphatic heterocycles. The van der Waals surface area contributed by atoms with Gasteiger partial charge in [-0.15, -0.1) is 34.0 Å². The van der Waals surface area contributed by atoms with Gasteiger partial charge in [-0.3, -0.25) is 0 Å². The van der Waals surface area contributed by atoms with E-state index in [1.807, 2.05) is 28.3 Å². The van der Waals surface area contributed by atoms with Crippen LogP contribution in [-0.4, -0.2) is 4.98 Å². The van der Waals surface area contributed by atoms with Gasteiger partial charge in [0.05, 0.1) is 4.88 Å². The molecule has 3 heterocycles. The molecule has 1 aliphatic carbocycles. The molecule has 0 radical (unpaired) electrons. The van der Waals surface area contributed by atoms with Crippen LogP contribution in [0, 0.1) is 0 Å². The molecule has 120 valence electrons. The Morgan fingerprint density at radius 1 is 1.33 bits per heavy atom. The monoisotopic (exact) mass is 386 g/mol. The van der Waals surface area contributed by atoms with Crippen LogP contribution in [0.15, 0.2) is 41.9 Å². The Labute approximate surface area is 156 Å². The fraction of sp³-hybridized carbons (Fsp3) is 0.0556. The topological polar surface area (TPSA) is 38.9 Å². The lowest BCUT2D eigenvalue weighted by Gasteiger charge is -1.96. The maximum Gasteiger partial charge on any atom is 0.133 e. The Morgan fingerprint density at radius 2 is 2.25 bits per heavy atom. The fourth-order valence-electron chi connectivity index (χ4n) is 2.53. The largest absolute Gasteiger partial charge is 0.404 e. The highest BCUT2D eigenvalue weighted by Crippen LogP contribution is 2.34. The smallest absolute Gasteiger partial charge is 0.133 e. The van der Waals surface area contributed by atoms with Gasteiger partial charge in [-0.25, -0.2) is 4.98 Å². The molecule has 0 atom stereocenters. The number of aromatic nitrogens is 1. The number of thioether (sulfide) groups is 1. The number of rotatable bonds is 4. The number of nitrogens with zero attached hydrogens (tertiary/aromatic N) is 1. The van der Waals surface area contributed by atoms with Crippen molar-refractivity contribution in [2.45, 2.75) is 6.42 Å². The first-order valence-corrected chi connectivity index (χ1v) is 10.7. The van der Waals surface area contributed by atoms with E-state index < -0.39 is 0 Å². The summed E-state index contributed by atoms with van der Waals surface area (Å²) in [5.74, 6) is 0. The molecule has 0 unspecified atom stereocenters. The Kier molecular flexibility index (Phi) is 4.45. The minimum Gasteiger partial charge on any atom is -0.404 e. The Morgan fingerprint density at radius 3 is 3.04 bits per heavy atom. The van der Waals surface area contributed by atoms with Crippen LogP contribution >= 0.6 is 45.8 Å². The summed E-state index contributed by atoms with van der Waals surface area (Å²) in [6, 6.07) is 4.51. The van der Waals surface area contributed by atoms with Gasteiger partial charge in [0.25, 0.3) is 0 Å². The Bertz CT molecular complexity index is 1040. The SMILES string of the molecule is C=C(S/C=C\N)c1cc2c(s1)=CCc1cc(-c3nccs3)sc1C=2. The Hall–Kier alpha value is -1.60.